The Morgan fingerprint density at radius 2 is 2.21 bits per heavy atom. The van der Waals surface area contributed by atoms with Gasteiger partial charge < -0.3 is 10.2 Å². The van der Waals surface area contributed by atoms with Crippen LogP contribution < -0.4 is 0 Å². The molecule has 14 heavy (non-hydrogen) atoms. The zero-order chi connectivity index (χ0) is 10.3. The van der Waals surface area contributed by atoms with Crippen LogP contribution in [0.15, 0.2) is 18.2 Å². The van der Waals surface area contributed by atoms with E-state index in [0.29, 0.717) is 6.42 Å². The lowest BCUT2D eigenvalue weighted by Gasteiger charge is -2.01. The average Bonchev–Trinajstić information content (AvgIpc) is 2.89. The van der Waals surface area contributed by atoms with Crippen molar-refractivity contribution in [1.82, 2.24) is 0 Å². The third kappa shape index (κ3) is 1.55. The molecule has 1 saturated carbocycles. The molecular weight excluding hydrogens is 204 g/mol. The molecule has 0 aliphatic heterocycles. The number of hydrogen-bond acceptors (Lipinski definition) is 2. The zero-order valence-corrected chi connectivity index (χ0v) is 8.03. The third-order valence-electron chi connectivity index (χ3n) is 2.51. The van der Waals surface area contributed by atoms with E-state index in [1.54, 1.807) is 12.1 Å². The predicted octanol–water partition coefficient (Wildman–Crippen LogP) is 2.23. The van der Waals surface area contributed by atoms with E-state index in [4.69, 9.17) is 16.7 Å². The van der Waals surface area contributed by atoms with E-state index >= 15 is 0 Å². The summed E-state index contributed by atoms with van der Waals surface area (Å²) in [6, 6.07) is 4.84. The molecule has 3 nitrogen and oxygen atoms in total. The summed E-state index contributed by atoms with van der Waals surface area (Å²) in [6.07, 6.45) is 0.663. The van der Waals surface area contributed by atoms with Crippen LogP contribution in [-0.4, -0.2) is 16.2 Å². The molecule has 0 spiro atoms. The first-order valence-corrected chi connectivity index (χ1v) is 4.68. The Hall–Kier alpha value is -1.22. The van der Waals surface area contributed by atoms with Gasteiger partial charge in [-0.2, -0.15) is 0 Å². The molecule has 1 fully saturated rings. The monoisotopic (exact) mass is 212 g/mol. The highest BCUT2D eigenvalue weighted by Gasteiger charge is 2.44. The highest BCUT2D eigenvalue weighted by Crippen LogP contribution is 2.48. The fraction of sp³-hybridized carbons (Fsp3) is 0.300. The number of hydrogen-bond donors (Lipinski definition) is 2. The Morgan fingerprint density at radius 3 is 2.71 bits per heavy atom. The number of carbonyl (C=O) groups is 1. The van der Waals surface area contributed by atoms with Crippen molar-refractivity contribution in [2.45, 2.75) is 12.3 Å². The van der Waals surface area contributed by atoms with Gasteiger partial charge in [0.05, 0.1) is 10.9 Å². The largest absolute Gasteiger partial charge is 0.506 e. The molecule has 0 radical (unpaired) electrons. The molecule has 1 aliphatic rings. The van der Waals surface area contributed by atoms with Crippen LogP contribution in [0.3, 0.4) is 0 Å². The molecule has 2 rings (SSSR count). The average molecular weight is 213 g/mol. The molecule has 2 N–H and O–H groups in total. The van der Waals surface area contributed by atoms with Crippen LogP contribution in [0.1, 0.15) is 17.9 Å². The second-order valence-electron chi connectivity index (χ2n) is 3.50. The van der Waals surface area contributed by atoms with Gasteiger partial charge in [0.2, 0.25) is 0 Å². The van der Waals surface area contributed by atoms with Gasteiger partial charge in [-0.05, 0) is 30.0 Å². The number of carboxylic acids is 1. The topological polar surface area (TPSA) is 57.5 Å². The van der Waals surface area contributed by atoms with Crippen LogP contribution in [-0.2, 0) is 4.79 Å². The number of phenols is 1. The van der Waals surface area contributed by atoms with Crippen molar-refractivity contribution in [3.63, 3.8) is 0 Å². The van der Waals surface area contributed by atoms with E-state index in [1.807, 2.05) is 0 Å². The molecule has 0 amide bonds. The highest BCUT2D eigenvalue weighted by atomic mass is 35.5. The van der Waals surface area contributed by atoms with Crippen molar-refractivity contribution in [1.29, 1.82) is 0 Å². The molecule has 0 heterocycles. The van der Waals surface area contributed by atoms with Gasteiger partial charge in [-0.1, -0.05) is 17.7 Å². The highest BCUT2D eigenvalue weighted by molar-refractivity contribution is 6.32. The van der Waals surface area contributed by atoms with E-state index in [9.17, 15) is 9.90 Å². The summed E-state index contributed by atoms with van der Waals surface area (Å²) in [5.41, 5.74) is 0.889. The molecule has 74 valence electrons. The van der Waals surface area contributed by atoms with Gasteiger partial charge in [-0.15, -0.1) is 0 Å². The van der Waals surface area contributed by atoms with Crippen LogP contribution in [0, 0.1) is 5.92 Å². The first-order chi connectivity index (χ1) is 6.59. The molecule has 0 bridgehead atoms. The van der Waals surface area contributed by atoms with Crippen molar-refractivity contribution in [2.75, 3.05) is 0 Å². The lowest BCUT2D eigenvalue weighted by Crippen LogP contribution is -1.98. The maximum Gasteiger partial charge on any atom is 0.307 e. The maximum absolute atomic E-state index is 10.6. The summed E-state index contributed by atoms with van der Waals surface area (Å²) < 4.78 is 0. The lowest BCUT2D eigenvalue weighted by molar-refractivity contribution is -0.138. The van der Waals surface area contributed by atoms with E-state index in [0.717, 1.165) is 5.56 Å². The van der Waals surface area contributed by atoms with Gasteiger partial charge in [0.25, 0.3) is 0 Å². The first kappa shape index (κ1) is 9.34. The minimum Gasteiger partial charge on any atom is -0.506 e. The lowest BCUT2D eigenvalue weighted by atomic mass is 10.1. The number of benzene rings is 1. The minimum absolute atomic E-state index is 0.0305. The molecule has 2 atom stereocenters. The van der Waals surface area contributed by atoms with Crippen LogP contribution in [0.4, 0.5) is 0 Å². The third-order valence-corrected chi connectivity index (χ3v) is 2.81. The fourth-order valence-corrected chi connectivity index (χ4v) is 1.78. The van der Waals surface area contributed by atoms with E-state index in [1.165, 1.54) is 6.07 Å². The van der Waals surface area contributed by atoms with Gasteiger partial charge >= 0.3 is 5.97 Å². The Kier molecular flexibility index (Phi) is 2.11. The fourth-order valence-electron chi connectivity index (χ4n) is 1.59. The van der Waals surface area contributed by atoms with Gasteiger partial charge in [-0.3, -0.25) is 4.79 Å². The van der Waals surface area contributed by atoms with Crippen molar-refractivity contribution < 1.29 is 15.0 Å². The molecule has 4 heteroatoms. The van der Waals surface area contributed by atoms with E-state index < -0.39 is 5.97 Å². The Labute approximate surface area is 85.9 Å². The van der Waals surface area contributed by atoms with Gasteiger partial charge in [-0.25, -0.2) is 0 Å². The van der Waals surface area contributed by atoms with Crippen LogP contribution in [0.5, 0.6) is 5.75 Å². The van der Waals surface area contributed by atoms with Crippen molar-refractivity contribution in [2.24, 2.45) is 5.92 Å². The summed E-state index contributed by atoms with van der Waals surface area (Å²) in [7, 11) is 0. The van der Waals surface area contributed by atoms with Gasteiger partial charge in [0.1, 0.15) is 5.75 Å². The molecule has 1 aromatic rings. The van der Waals surface area contributed by atoms with E-state index in [2.05, 4.69) is 0 Å². The Balaban J connectivity index is 2.20. The number of phenolic OH excluding ortho intramolecular Hbond substituents is 1. The number of rotatable bonds is 2. The Morgan fingerprint density at radius 1 is 1.50 bits per heavy atom. The Bertz CT molecular complexity index is 389. The van der Waals surface area contributed by atoms with Crippen LogP contribution in [0.25, 0.3) is 0 Å². The SMILES string of the molecule is O=C(O)[C@@H]1C[C@H]1c1ccc(O)c(Cl)c1. The van der Waals surface area contributed by atoms with Crippen molar-refractivity contribution >= 4 is 17.6 Å². The summed E-state index contributed by atoms with van der Waals surface area (Å²) in [6.45, 7) is 0. The van der Waals surface area contributed by atoms with Gasteiger partial charge in [0, 0.05) is 0 Å². The molecular formula is C10H9ClO3. The maximum atomic E-state index is 10.6. The summed E-state index contributed by atoms with van der Waals surface area (Å²) in [5.74, 6) is -0.955. The summed E-state index contributed by atoms with van der Waals surface area (Å²) in [5, 5.41) is 18.2. The zero-order valence-electron chi connectivity index (χ0n) is 7.27. The quantitative estimate of drug-likeness (QED) is 0.791. The molecule has 0 aromatic heterocycles. The second-order valence-corrected chi connectivity index (χ2v) is 3.90. The number of carboxylic acid groups (broad SMARTS) is 1. The standard InChI is InChI=1S/C10H9ClO3/c11-8-3-5(1-2-9(8)12)6-4-7(6)10(13)14/h1-3,6-7,12H,4H2,(H,13,14)/t6-,7+/m0/s1. The molecule has 0 saturated heterocycles. The number of aromatic hydroxyl groups is 1. The van der Waals surface area contributed by atoms with Crippen LogP contribution >= 0.6 is 11.6 Å². The molecule has 0 unspecified atom stereocenters. The predicted molar refractivity (Wildman–Crippen MR) is 51.6 cm³/mol. The van der Waals surface area contributed by atoms with Gasteiger partial charge in [0.15, 0.2) is 0 Å². The van der Waals surface area contributed by atoms with E-state index in [-0.39, 0.29) is 22.6 Å². The van der Waals surface area contributed by atoms with Crippen molar-refractivity contribution in [3.05, 3.63) is 28.8 Å². The molecule has 1 aromatic carbocycles. The number of aliphatic carboxylic acids is 1. The normalized spacial score (nSPS) is 24.6. The van der Waals surface area contributed by atoms with Crippen LogP contribution in [0.2, 0.25) is 5.02 Å². The summed E-state index contributed by atoms with van der Waals surface area (Å²) >= 11 is 5.72. The second kappa shape index (κ2) is 3.17. The molecule has 1 aliphatic carbocycles. The smallest absolute Gasteiger partial charge is 0.307 e. The number of halogens is 1. The summed E-state index contributed by atoms with van der Waals surface area (Å²) in [4.78, 5) is 10.6. The first-order valence-electron chi connectivity index (χ1n) is 4.31. The minimum atomic E-state index is -0.765. The van der Waals surface area contributed by atoms with Crippen molar-refractivity contribution in [3.8, 4) is 5.75 Å².